The van der Waals surface area contributed by atoms with Gasteiger partial charge >= 0.3 is 0 Å². The van der Waals surface area contributed by atoms with Crippen molar-refractivity contribution < 1.29 is 4.79 Å². The van der Waals surface area contributed by atoms with Gasteiger partial charge in [0.15, 0.2) is 0 Å². The van der Waals surface area contributed by atoms with Crippen LogP contribution >= 0.6 is 23.2 Å². The van der Waals surface area contributed by atoms with E-state index in [9.17, 15) is 4.79 Å². The molecule has 0 atom stereocenters. The molecule has 1 aromatic carbocycles. The molecule has 98 valence electrons. The van der Waals surface area contributed by atoms with Crippen LogP contribution in [0, 0.1) is 13.8 Å². The Kier molecular flexibility index (Phi) is 4.08. The molecule has 1 amide bonds. The Morgan fingerprint density at radius 3 is 2.53 bits per heavy atom. The summed E-state index contributed by atoms with van der Waals surface area (Å²) in [7, 11) is 0. The predicted molar refractivity (Wildman–Crippen MR) is 78.1 cm³/mol. The topological polar surface area (TPSA) is 42.0 Å². The minimum Gasteiger partial charge on any atom is -0.320 e. The Morgan fingerprint density at radius 2 is 1.89 bits per heavy atom. The van der Waals surface area contributed by atoms with Crippen LogP contribution in [0.1, 0.15) is 21.5 Å². The first kappa shape index (κ1) is 13.8. The minimum absolute atomic E-state index is 0.224. The number of halogens is 2. The van der Waals surface area contributed by atoms with Crippen molar-refractivity contribution in [1.82, 2.24) is 4.98 Å². The third-order valence-electron chi connectivity index (χ3n) is 2.63. The molecule has 2 rings (SSSR count). The van der Waals surface area contributed by atoms with Gasteiger partial charge in [-0.25, -0.2) is 4.98 Å². The molecule has 0 bridgehead atoms. The zero-order valence-electron chi connectivity index (χ0n) is 10.5. The summed E-state index contributed by atoms with van der Waals surface area (Å²) >= 11 is 11.7. The van der Waals surface area contributed by atoms with Crippen LogP contribution in [-0.4, -0.2) is 10.9 Å². The molecule has 0 saturated carbocycles. The van der Waals surface area contributed by atoms with E-state index in [1.54, 1.807) is 24.3 Å². The summed E-state index contributed by atoms with van der Waals surface area (Å²) in [4.78, 5) is 16.1. The quantitative estimate of drug-likeness (QED) is 0.841. The number of pyridine rings is 1. The molecule has 5 heteroatoms. The molecule has 0 fully saturated rings. The molecule has 0 spiro atoms. The Balaban J connectivity index is 2.25. The number of nitrogens with zero attached hydrogens (tertiary/aromatic N) is 1. The highest BCUT2D eigenvalue weighted by Crippen LogP contribution is 2.19. The number of carbonyl (C=O) groups excluding carboxylic acids is 1. The smallest absolute Gasteiger partial charge is 0.255 e. The van der Waals surface area contributed by atoms with Crippen molar-refractivity contribution >= 4 is 34.8 Å². The Morgan fingerprint density at radius 1 is 1.16 bits per heavy atom. The molecule has 3 nitrogen and oxygen atoms in total. The van der Waals surface area contributed by atoms with E-state index in [-0.39, 0.29) is 5.91 Å². The van der Waals surface area contributed by atoms with Crippen molar-refractivity contribution in [3.8, 4) is 0 Å². The fraction of sp³-hybridized carbons (Fsp3) is 0.143. The van der Waals surface area contributed by atoms with Crippen LogP contribution < -0.4 is 5.32 Å². The van der Waals surface area contributed by atoms with Crippen molar-refractivity contribution in [2.45, 2.75) is 13.8 Å². The lowest BCUT2D eigenvalue weighted by atomic mass is 10.1. The number of benzene rings is 1. The number of hydrogen-bond donors (Lipinski definition) is 1. The molecular weight excluding hydrogens is 283 g/mol. The highest BCUT2D eigenvalue weighted by Gasteiger charge is 2.09. The van der Waals surface area contributed by atoms with Gasteiger partial charge in [-0.2, -0.15) is 0 Å². The average molecular weight is 295 g/mol. The first-order valence-electron chi connectivity index (χ1n) is 5.66. The van der Waals surface area contributed by atoms with Gasteiger partial charge in [-0.15, -0.1) is 0 Å². The van der Waals surface area contributed by atoms with Crippen LogP contribution in [0.15, 0.2) is 30.5 Å². The van der Waals surface area contributed by atoms with Crippen LogP contribution in [-0.2, 0) is 0 Å². The standard InChI is InChI=1S/C14H12Cl2N2O/c1-8-3-10(6-11(15)4-8)14(19)18-12-7-17-13(16)5-9(12)2/h3-7H,1-2H3,(H,18,19). The number of carbonyl (C=O) groups is 1. The zero-order chi connectivity index (χ0) is 14.0. The predicted octanol–water partition coefficient (Wildman–Crippen LogP) is 4.26. The van der Waals surface area contributed by atoms with Crippen LogP contribution in [0.25, 0.3) is 0 Å². The maximum atomic E-state index is 12.1. The maximum Gasteiger partial charge on any atom is 0.255 e. The summed E-state index contributed by atoms with van der Waals surface area (Å²) in [5.74, 6) is -0.224. The normalized spacial score (nSPS) is 10.3. The fourth-order valence-corrected chi connectivity index (χ4v) is 2.22. The molecule has 2 aromatic rings. The van der Waals surface area contributed by atoms with Gasteiger partial charge in [0.1, 0.15) is 5.15 Å². The Labute approximate surface area is 121 Å². The van der Waals surface area contributed by atoms with Crippen LogP contribution in [0.5, 0.6) is 0 Å². The van der Waals surface area contributed by atoms with Crippen molar-refractivity contribution in [3.05, 3.63) is 57.3 Å². The molecule has 0 aliphatic heterocycles. The lowest BCUT2D eigenvalue weighted by molar-refractivity contribution is 0.102. The molecular formula is C14H12Cl2N2O. The monoisotopic (exact) mass is 294 g/mol. The highest BCUT2D eigenvalue weighted by molar-refractivity contribution is 6.31. The molecule has 1 heterocycles. The van der Waals surface area contributed by atoms with E-state index >= 15 is 0 Å². The summed E-state index contributed by atoms with van der Waals surface area (Å²) in [6.07, 6.45) is 1.53. The highest BCUT2D eigenvalue weighted by atomic mass is 35.5. The Bertz CT molecular complexity index is 621. The molecule has 0 saturated heterocycles. The molecule has 19 heavy (non-hydrogen) atoms. The van der Waals surface area contributed by atoms with Crippen molar-refractivity contribution in [2.24, 2.45) is 0 Å². The average Bonchev–Trinajstić information content (AvgIpc) is 2.31. The number of anilines is 1. The third-order valence-corrected chi connectivity index (χ3v) is 3.05. The number of nitrogens with one attached hydrogen (secondary N) is 1. The summed E-state index contributed by atoms with van der Waals surface area (Å²) in [6, 6.07) is 6.90. The zero-order valence-corrected chi connectivity index (χ0v) is 12.0. The summed E-state index contributed by atoms with van der Waals surface area (Å²) in [5.41, 5.74) is 2.93. The molecule has 1 N–H and O–H groups in total. The van der Waals surface area contributed by atoms with Crippen LogP contribution in [0.3, 0.4) is 0 Å². The summed E-state index contributed by atoms with van der Waals surface area (Å²) in [6.45, 7) is 3.74. The van der Waals surface area contributed by atoms with Gasteiger partial charge in [0.25, 0.3) is 5.91 Å². The Hall–Kier alpha value is -1.58. The number of aromatic nitrogens is 1. The molecule has 0 aliphatic carbocycles. The summed E-state index contributed by atoms with van der Waals surface area (Å²) < 4.78 is 0. The van der Waals surface area contributed by atoms with Crippen molar-refractivity contribution in [3.63, 3.8) is 0 Å². The maximum absolute atomic E-state index is 12.1. The van der Waals surface area contributed by atoms with Crippen molar-refractivity contribution in [1.29, 1.82) is 0 Å². The van der Waals surface area contributed by atoms with Crippen molar-refractivity contribution in [2.75, 3.05) is 5.32 Å². The first-order chi connectivity index (χ1) is 8.95. The van der Waals surface area contributed by atoms with Crippen LogP contribution in [0.2, 0.25) is 10.2 Å². The van der Waals surface area contributed by atoms with E-state index in [1.807, 2.05) is 13.8 Å². The second kappa shape index (κ2) is 5.59. The van der Waals surface area contributed by atoms with Gasteiger partial charge in [-0.05, 0) is 49.2 Å². The second-order valence-electron chi connectivity index (χ2n) is 4.29. The number of amides is 1. The van der Waals surface area contributed by atoms with E-state index in [4.69, 9.17) is 23.2 Å². The number of aryl methyl sites for hydroxylation is 2. The number of rotatable bonds is 2. The van der Waals surface area contributed by atoms with E-state index < -0.39 is 0 Å². The molecule has 0 radical (unpaired) electrons. The van der Waals surface area contributed by atoms with Gasteiger partial charge in [0.2, 0.25) is 0 Å². The molecule has 0 unspecified atom stereocenters. The van der Waals surface area contributed by atoms with E-state index in [0.717, 1.165) is 11.1 Å². The van der Waals surface area contributed by atoms with Gasteiger partial charge in [-0.3, -0.25) is 4.79 Å². The third kappa shape index (κ3) is 3.46. The fourth-order valence-electron chi connectivity index (χ4n) is 1.71. The SMILES string of the molecule is Cc1cc(Cl)cc(C(=O)Nc2cnc(Cl)cc2C)c1. The lowest BCUT2D eigenvalue weighted by Gasteiger charge is -2.09. The molecule has 1 aromatic heterocycles. The molecule has 0 aliphatic rings. The summed E-state index contributed by atoms with van der Waals surface area (Å²) in [5, 5.41) is 3.72. The van der Waals surface area contributed by atoms with Gasteiger partial charge in [0, 0.05) is 10.6 Å². The second-order valence-corrected chi connectivity index (χ2v) is 5.12. The van der Waals surface area contributed by atoms with Crippen LogP contribution in [0.4, 0.5) is 5.69 Å². The largest absolute Gasteiger partial charge is 0.320 e. The van der Waals surface area contributed by atoms with Gasteiger partial charge in [-0.1, -0.05) is 23.2 Å². The number of hydrogen-bond acceptors (Lipinski definition) is 2. The van der Waals surface area contributed by atoms with E-state index in [2.05, 4.69) is 10.3 Å². The first-order valence-corrected chi connectivity index (χ1v) is 6.42. The van der Waals surface area contributed by atoms with Gasteiger partial charge < -0.3 is 5.32 Å². The van der Waals surface area contributed by atoms with E-state index in [0.29, 0.717) is 21.4 Å². The van der Waals surface area contributed by atoms with E-state index in [1.165, 1.54) is 6.20 Å². The van der Waals surface area contributed by atoms with Gasteiger partial charge in [0.05, 0.1) is 11.9 Å². The lowest BCUT2D eigenvalue weighted by Crippen LogP contribution is -2.13. The minimum atomic E-state index is -0.224.